The second kappa shape index (κ2) is 13.9. The lowest BCUT2D eigenvalue weighted by Gasteiger charge is -2.10. The van der Waals surface area contributed by atoms with Crippen molar-refractivity contribution in [3.05, 3.63) is 96.4 Å². The van der Waals surface area contributed by atoms with E-state index in [2.05, 4.69) is 17.6 Å². The summed E-state index contributed by atoms with van der Waals surface area (Å²) in [6.45, 7) is 6.61. The van der Waals surface area contributed by atoms with Crippen LogP contribution in [0.2, 0.25) is 0 Å². The number of halogens is 3. The average Bonchev–Trinajstić information content (AvgIpc) is 3.10. The van der Waals surface area contributed by atoms with Gasteiger partial charge in [0.25, 0.3) is 0 Å². The summed E-state index contributed by atoms with van der Waals surface area (Å²) >= 11 is 0. The highest BCUT2D eigenvalue weighted by Gasteiger charge is 2.31. The largest absolute Gasteiger partial charge is 0.501 e. The van der Waals surface area contributed by atoms with Crippen molar-refractivity contribution in [1.29, 1.82) is 5.26 Å². The molecule has 0 N–H and O–H groups in total. The zero-order valence-corrected chi connectivity index (χ0v) is 19.4. The molecule has 0 bridgehead atoms. The van der Waals surface area contributed by atoms with E-state index in [9.17, 15) is 13.2 Å². The number of hydrogen-bond acceptors (Lipinski definition) is 3. The summed E-state index contributed by atoms with van der Waals surface area (Å²) in [6, 6.07) is 2.05. The van der Waals surface area contributed by atoms with Crippen molar-refractivity contribution in [2.45, 2.75) is 51.7 Å². The van der Waals surface area contributed by atoms with Gasteiger partial charge in [-0.3, -0.25) is 0 Å². The Kier molecular flexibility index (Phi) is 10.9. The van der Waals surface area contributed by atoms with Crippen molar-refractivity contribution in [1.82, 2.24) is 9.55 Å². The molecule has 2 rings (SSSR count). The second-order valence-corrected chi connectivity index (χ2v) is 7.74. The monoisotopic (exact) mass is 469 g/mol. The van der Waals surface area contributed by atoms with Crippen molar-refractivity contribution in [3.63, 3.8) is 0 Å². The minimum Gasteiger partial charge on any atom is -0.501 e. The van der Waals surface area contributed by atoms with E-state index in [1.54, 1.807) is 24.7 Å². The highest BCUT2D eigenvalue weighted by molar-refractivity contribution is 5.71. The van der Waals surface area contributed by atoms with Gasteiger partial charge in [-0.15, -0.1) is 0 Å². The maximum Gasteiger partial charge on any atom is 0.416 e. The summed E-state index contributed by atoms with van der Waals surface area (Å²) in [7, 11) is 0. The van der Waals surface area contributed by atoms with Crippen molar-refractivity contribution in [2.75, 3.05) is 6.61 Å². The van der Waals surface area contributed by atoms with E-state index in [1.807, 2.05) is 35.8 Å². The van der Waals surface area contributed by atoms with Crippen molar-refractivity contribution >= 4 is 5.57 Å². The molecule has 0 radical (unpaired) electrons. The molecule has 0 saturated heterocycles. The molecule has 1 heterocycles. The minimum atomic E-state index is -4.37. The third-order valence-electron chi connectivity index (χ3n) is 5.02. The van der Waals surface area contributed by atoms with Gasteiger partial charge in [0.2, 0.25) is 0 Å². The van der Waals surface area contributed by atoms with Crippen LogP contribution < -0.4 is 0 Å². The van der Waals surface area contributed by atoms with Gasteiger partial charge < -0.3 is 9.30 Å². The molecule has 0 aromatic carbocycles. The van der Waals surface area contributed by atoms with Crippen LogP contribution >= 0.6 is 0 Å². The Morgan fingerprint density at radius 2 is 2.06 bits per heavy atom. The SMILES string of the molecule is C=C(C#N)CCCCCO/C=C(/C=C\C=C/C)Cn1ccnc1C1=CCC=C(C(F)(F)F)C=C1. The molecule has 7 heteroatoms. The van der Waals surface area contributed by atoms with Crippen LogP contribution in [0.25, 0.3) is 5.57 Å². The minimum absolute atomic E-state index is 0.179. The molecule has 0 aliphatic heterocycles. The summed E-state index contributed by atoms with van der Waals surface area (Å²) in [4.78, 5) is 4.37. The number of hydrogen-bond donors (Lipinski definition) is 0. The molecule has 0 atom stereocenters. The zero-order chi connectivity index (χ0) is 24.8. The van der Waals surface area contributed by atoms with Crippen LogP contribution in [-0.2, 0) is 11.3 Å². The lowest BCUT2D eigenvalue weighted by molar-refractivity contribution is -0.0883. The standard InChI is InChI=1S/C27H30F3N3O/c1-3-4-6-11-23(21-34-18-8-5-7-10-22(2)19-31)20-33-17-16-32-26(33)24-12-9-13-25(15-14-24)27(28,29)30/h3-4,6,11-17,21H,2,5,7-10,18,20H2,1H3/b4-3-,11-6-,23-21-. The molecule has 0 saturated carbocycles. The molecule has 4 nitrogen and oxygen atoms in total. The van der Waals surface area contributed by atoms with Crippen LogP contribution in [0.5, 0.6) is 0 Å². The predicted octanol–water partition coefficient (Wildman–Crippen LogP) is 7.39. The van der Waals surface area contributed by atoms with E-state index in [-0.39, 0.29) is 6.42 Å². The maximum absolute atomic E-state index is 13.0. The fraction of sp³-hybridized carbons (Fsp3) is 0.333. The van der Waals surface area contributed by atoms with Crippen molar-refractivity contribution in [3.8, 4) is 6.07 Å². The van der Waals surface area contributed by atoms with Crippen LogP contribution in [0, 0.1) is 11.3 Å². The van der Waals surface area contributed by atoms with Gasteiger partial charge in [0, 0.05) is 29.1 Å². The third kappa shape index (κ3) is 9.14. The summed E-state index contributed by atoms with van der Waals surface area (Å²) in [5.41, 5.74) is 1.47. The number of ether oxygens (including phenoxy) is 1. The predicted molar refractivity (Wildman–Crippen MR) is 129 cm³/mol. The van der Waals surface area contributed by atoms with Gasteiger partial charge in [-0.05, 0) is 45.1 Å². The highest BCUT2D eigenvalue weighted by atomic mass is 19.4. The summed E-state index contributed by atoms with van der Waals surface area (Å²) < 4.78 is 46.8. The Bertz CT molecular complexity index is 1040. The van der Waals surface area contributed by atoms with E-state index in [4.69, 9.17) is 10.00 Å². The van der Waals surface area contributed by atoms with Gasteiger partial charge >= 0.3 is 6.18 Å². The fourth-order valence-corrected chi connectivity index (χ4v) is 3.24. The van der Waals surface area contributed by atoms with Gasteiger partial charge in [-0.2, -0.15) is 18.4 Å². The van der Waals surface area contributed by atoms with Gasteiger partial charge in [0.1, 0.15) is 5.82 Å². The summed E-state index contributed by atoms with van der Waals surface area (Å²) in [5.74, 6) is 0.594. The average molecular weight is 470 g/mol. The lowest BCUT2D eigenvalue weighted by atomic mass is 10.1. The molecular formula is C27H30F3N3O. The first kappa shape index (κ1) is 26.7. The number of aromatic nitrogens is 2. The first-order valence-corrected chi connectivity index (χ1v) is 11.2. The molecule has 1 aromatic rings. The number of allylic oxidation sites excluding steroid dienone is 12. The zero-order valence-electron chi connectivity index (χ0n) is 19.4. The molecule has 0 spiro atoms. The summed E-state index contributed by atoms with van der Waals surface area (Å²) in [5, 5.41) is 8.74. The highest BCUT2D eigenvalue weighted by Crippen LogP contribution is 2.30. The molecule has 34 heavy (non-hydrogen) atoms. The Hall–Kier alpha value is -3.53. The molecule has 1 aromatic heterocycles. The quantitative estimate of drug-likeness (QED) is 0.139. The maximum atomic E-state index is 13.0. The molecule has 0 amide bonds. The van der Waals surface area contributed by atoms with E-state index in [0.29, 0.717) is 36.5 Å². The molecule has 0 fully saturated rings. The first-order chi connectivity index (χ1) is 16.3. The molecule has 1 aliphatic rings. The van der Waals surface area contributed by atoms with Gasteiger partial charge in [-0.25, -0.2) is 4.98 Å². The Morgan fingerprint density at radius 1 is 1.24 bits per heavy atom. The van der Waals surface area contributed by atoms with E-state index < -0.39 is 11.7 Å². The number of rotatable bonds is 12. The molecule has 0 unspecified atom stereocenters. The number of alkyl halides is 3. The number of imidazole rings is 1. The van der Waals surface area contributed by atoms with Crippen LogP contribution in [0.3, 0.4) is 0 Å². The number of nitrogens with zero attached hydrogens (tertiary/aromatic N) is 3. The Balaban J connectivity index is 2.04. The normalized spacial score (nSPS) is 14.7. The van der Waals surface area contributed by atoms with E-state index in [0.717, 1.165) is 30.9 Å². The smallest absolute Gasteiger partial charge is 0.416 e. The third-order valence-corrected chi connectivity index (χ3v) is 5.02. The fourth-order valence-electron chi connectivity index (χ4n) is 3.24. The topological polar surface area (TPSA) is 50.8 Å². The van der Waals surface area contributed by atoms with Crippen LogP contribution in [0.15, 0.2) is 90.6 Å². The Morgan fingerprint density at radius 3 is 2.79 bits per heavy atom. The first-order valence-electron chi connectivity index (χ1n) is 11.2. The molecular weight excluding hydrogens is 439 g/mol. The Labute approximate surface area is 199 Å². The van der Waals surface area contributed by atoms with Crippen molar-refractivity contribution < 1.29 is 17.9 Å². The number of nitriles is 1. The molecule has 1 aliphatic carbocycles. The van der Waals surface area contributed by atoms with E-state index >= 15 is 0 Å². The van der Waals surface area contributed by atoms with Crippen LogP contribution in [-0.4, -0.2) is 22.3 Å². The van der Waals surface area contributed by atoms with E-state index in [1.165, 1.54) is 12.2 Å². The van der Waals surface area contributed by atoms with Gasteiger partial charge in [0.05, 0.1) is 31.1 Å². The molecule has 180 valence electrons. The van der Waals surface area contributed by atoms with Gasteiger partial charge in [-0.1, -0.05) is 49.1 Å². The second-order valence-electron chi connectivity index (χ2n) is 7.74. The lowest BCUT2D eigenvalue weighted by Crippen LogP contribution is -2.09. The summed E-state index contributed by atoms with van der Waals surface area (Å²) in [6.07, 6.45) is 17.5. The van der Waals surface area contributed by atoms with Crippen molar-refractivity contribution in [2.24, 2.45) is 0 Å². The van der Waals surface area contributed by atoms with Crippen LogP contribution in [0.1, 0.15) is 44.9 Å². The van der Waals surface area contributed by atoms with Crippen LogP contribution in [0.4, 0.5) is 13.2 Å². The van der Waals surface area contributed by atoms with Gasteiger partial charge in [0.15, 0.2) is 0 Å². The number of unbranched alkanes of at least 4 members (excludes halogenated alkanes) is 2.